The lowest BCUT2D eigenvalue weighted by Gasteiger charge is -2.65. The maximum absolute atomic E-state index is 12.4. The third-order valence-corrected chi connectivity index (χ3v) is 10.7. The van der Waals surface area contributed by atoms with Crippen LogP contribution >= 0.6 is 0 Å². The van der Waals surface area contributed by atoms with Gasteiger partial charge in [0.25, 0.3) is 0 Å². The second-order valence-electron chi connectivity index (χ2n) is 11.7. The van der Waals surface area contributed by atoms with Gasteiger partial charge in [-0.25, -0.2) is 0 Å². The molecule has 0 aliphatic heterocycles. The van der Waals surface area contributed by atoms with Crippen LogP contribution < -0.4 is 0 Å². The molecule has 2 unspecified atom stereocenters. The van der Waals surface area contributed by atoms with Crippen LogP contribution in [0.25, 0.3) is 0 Å². The summed E-state index contributed by atoms with van der Waals surface area (Å²) in [6.45, 7) is 12.2. The van der Waals surface area contributed by atoms with Gasteiger partial charge in [0.15, 0.2) is 0 Å². The first-order valence-electron chi connectivity index (χ1n) is 11.7. The van der Waals surface area contributed by atoms with Crippen molar-refractivity contribution in [3.63, 3.8) is 0 Å². The predicted molar refractivity (Wildman–Crippen MR) is 109 cm³/mol. The van der Waals surface area contributed by atoms with Crippen molar-refractivity contribution >= 4 is 5.78 Å². The van der Waals surface area contributed by atoms with Crippen molar-refractivity contribution in [3.05, 3.63) is 0 Å². The Balaban J connectivity index is 1.67. The van der Waals surface area contributed by atoms with Crippen molar-refractivity contribution in [2.24, 2.45) is 45.8 Å². The number of hydrogen-bond acceptors (Lipinski definition) is 1. The molecule has 1 nitrogen and oxygen atoms in total. The lowest BCUT2D eigenvalue weighted by molar-refractivity contribution is -0.165. The highest BCUT2D eigenvalue weighted by Crippen LogP contribution is 2.69. The van der Waals surface area contributed by atoms with Crippen molar-refractivity contribution in [2.75, 3.05) is 0 Å². The van der Waals surface area contributed by atoms with E-state index in [4.69, 9.17) is 0 Å². The first kappa shape index (κ1) is 19.0. The SMILES string of the molecule is CC(=O)[C@H]1CCCC2[C@@H]3CC[C@]4(C)CC[C@@H](C)CC[C@]4(C)C3CC[C@@]21C. The number of Topliss-reactive ketones (excluding diaryl/α,β-unsaturated/α-hetero) is 1. The molecule has 4 fully saturated rings. The van der Waals surface area contributed by atoms with Crippen LogP contribution in [0.15, 0.2) is 0 Å². The van der Waals surface area contributed by atoms with Crippen LogP contribution in [0.2, 0.25) is 0 Å². The van der Waals surface area contributed by atoms with Crippen LogP contribution in [0.1, 0.15) is 105 Å². The molecule has 4 aliphatic carbocycles. The van der Waals surface area contributed by atoms with E-state index in [0.717, 1.165) is 30.1 Å². The Morgan fingerprint density at radius 1 is 0.808 bits per heavy atom. The first-order chi connectivity index (χ1) is 12.2. The average Bonchev–Trinajstić information content (AvgIpc) is 2.71. The summed E-state index contributed by atoms with van der Waals surface area (Å²) in [7, 11) is 0. The van der Waals surface area contributed by atoms with Gasteiger partial charge >= 0.3 is 0 Å². The molecule has 0 radical (unpaired) electrons. The molecule has 0 aromatic rings. The van der Waals surface area contributed by atoms with Crippen LogP contribution in [-0.4, -0.2) is 5.78 Å². The van der Waals surface area contributed by atoms with Gasteiger partial charge in [0.1, 0.15) is 5.78 Å². The van der Waals surface area contributed by atoms with E-state index in [1.807, 2.05) is 6.92 Å². The quantitative estimate of drug-likeness (QED) is 0.491. The fourth-order valence-electron chi connectivity index (χ4n) is 8.72. The van der Waals surface area contributed by atoms with Crippen molar-refractivity contribution < 1.29 is 4.79 Å². The van der Waals surface area contributed by atoms with Crippen molar-refractivity contribution in [3.8, 4) is 0 Å². The second-order valence-corrected chi connectivity index (χ2v) is 11.7. The van der Waals surface area contributed by atoms with Gasteiger partial charge in [-0.05, 0) is 98.2 Å². The summed E-state index contributed by atoms with van der Waals surface area (Å²) in [5.41, 5.74) is 1.39. The molecule has 4 saturated carbocycles. The molecule has 148 valence electrons. The number of fused-ring (bicyclic) bond motifs is 5. The molecule has 0 N–H and O–H groups in total. The van der Waals surface area contributed by atoms with Crippen LogP contribution in [-0.2, 0) is 4.79 Å². The third kappa shape index (κ3) is 2.58. The minimum atomic E-state index is 0.299. The molecule has 4 rings (SSSR count). The molecule has 1 heteroatoms. The van der Waals surface area contributed by atoms with Crippen LogP contribution in [0.5, 0.6) is 0 Å². The number of rotatable bonds is 1. The third-order valence-electron chi connectivity index (χ3n) is 10.7. The highest BCUT2D eigenvalue weighted by molar-refractivity contribution is 5.79. The lowest BCUT2D eigenvalue weighted by Crippen LogP contribution is -2.58. The first-order valence-corrected chi connectivity index (χ1v) is 11.7. The minimum Gasteiger partial charge on any atom is -0.300 e. The fourth-order valence-corrected chi connectivity index (χ4v) is 8.72. The Labute approximate surface area is 162 Å². The van der Waals surface area contributed by atoms with Gasteiger partial charge in [0.05, 0.1) is 0 Å². The molecule has 0 saturated heterocycles. The minimum absolute atomic E-state index is 0.299. The Bertz CT molecular complexity index is 567. The maximum Gasteiger partial charge on any atom is 0.133 e. The van der Waals surface area contributed by atoms with Gasteiger partial charge in [0, 0.05) is 5.92 Å². The summed E-state index contributed by atoms with van der Waals surface area (Å²) in [5.74, 6) is 4.35. The van der Waals surface area contributed by atoms with Crippen molar-refractivity contribution in [1.29, 1.82) is 0 Å². The van der Waals surface area contributed by atoms with Gasteiger partial charge in [-0.3, -0.25) is 4.79 Å². The average molecular weight is 359 g/mol. The molecular formula is C25H42O. The Morgan fingerprint density at radius 2 is 1.50 bits per heavy atom. The van der Waals surface area contributed by atoms with E-state index in [0.29, 0.717) is 27.9 Å². The standard InChI is InChI=1S/C25H42O/c1-17-9-13-23(3)14-11-19-21-8-6-7-20(18(2)26)24(21,4)15-12-22(19)25(23,5)16-10-17/h17,19-22H,6-16H2,1-5H3/t17-,19+,20-,21?,22?,23+,24-,25-/m1/s1. The van der Waals surface area contributed by atoms with E-state index >= 15 is 0 Å². The van der Waals surface area contributed by atoms with Crippen LogP contribution in [0.3, 0.4) is 0 Å². The van der Waals surface area contributed by atoms with Gasteiger partial charge in [-0.1, -0.05) is 47.0 Å². The van der Waals surface area contributed by atoms with E-state index in [9.17, 15) is 4.79 Å². The van der Waals surface area contributed by atoms with Crippen LogP contribution in [0.4, 0.5) is 0 Å². The molecule has 0 aromatic heterocycles. The zero-order valence-corrected chi connectivity index (χ0v) is 18.1. The monoisotopic (exact) mass is 358 g/mol. The zero-order chi connectivity index (χ0) is 18.7. The van der Waals surface area contributed by atoms with Gasteiger partial charge in [0.2, 0.25) is 0 Å². The molecule has 0 amide bonds. The van der Waals surface area contributed by atoms with Gasteiger partial charge in [-0.2, -0.15) is 0 Å². The molecule has 0 bridgehead atoms. The Hall–Kier alpha value is -0.330. The fraction of sp³-hybridized carbons (Fsp3) is 0.960. The highest BCUT2D eigenvalue weighted by atomic mass is 16.1. The summed E-state index contributed by atoms with van der Waals surface area (Å²) >= 11 is 0. The van der Waals surface area contributed by atoms with Gasteiger partial charge < -0.3 is 0 Å². The summed E-state index contributed by atoms with van der Waals surface area (Å²) in [6.07, 6.45) is 15.2. The van der Waals surface area contributed by atoms with Crippen LogP contribution in [0, 0.1) is 45.8 Å². The van der Waals surface area contributed by atoms with Crippen molar-refractivity contribution in [1.82, 2.24) is 0 Å². The van der Waals surface area contributed by atoms with E-state index < -0.39 is 0 Å². The predicted octanol–water partition coefficient (Wildman–Crippen LogP) is 7.04. The van der Waals surface area contributed by atoms with Crippen molar-refractivity contribution in [2.45, 2.75) is 105 Å². The summed E-state index contributed by atoms with van der Waals surface area (Å²) in [4.78, 5) is 12.4. The topological polar surface area (TPSA) is 17.1 Å². The molecule has 26 heavy (non-hydrogen) atoms. The lowest BCUT2D eigenvalue weighted by atomic mass is 9.40. The van der Waals surface area contributed by atoms with E-state index in [1.165, 1.54) is 64.2 Å². The summed E-state index contributed by atoms with van der Waals surface area (Å²) in [6, 6.07) is 0. The second kappa shape index (κ2) is 6.35. The maximum atomic E-state index is 12.4. The number of carbonyl (C=O) groups excluding carboxylic acids is 1. The van der Waals surface area contributed by atoms with E-state index in [-0.39, 0.29) is 0 Å². The smallest absolute Gasteiger partial charge is 0.133 e. The normalized spacial score (nSPS) is 54.4. The number of hydrogen-bond donors (Lipinski definition) is 0. The Morgan fingerprint density at radius 3 is 2.23 bits per heavy atom. The molecule has 0 spiro atoms. The number of carbonyl (C=O) groups is 1. The molecule has 8 atom stereocenters. The summed E-state index contributed by atoms with van der Waals surface area (Å²) in [5, 5.41) is 0. The molecular weight excluding hydrogens is 316 g/mol. The molecule has 4 aliphatic rings. The highest BCUT2D eigenvalue weighted by Gasteiger charge is 2.61. The van der Waals surface area contributed by atoms with E-state index in [1.54, 1.807) is 0 Å². The zero-order valence-electron chi connectivity index (χ0n) is 18.1. The van der Waals surface area contributed by atoms with Gasteiger partial charge in [-0.15, -0.1) is 0 Å². The Kier molecular flexibility index (Phi) is 4.64. The molecule has 0 heterocycles. The number of ketones is 1. The van der Waals surface area contributed by atoms with E-state index in [2.05, 4.69) is 27.7 Å². The summed E-state index contributed by atoms with van der Waals surface area (Å²) < 4.78 is 0. The molecule has 0 aromatic carbocycles. The largest absolute Gasteiger partial charge is 0.300 e.